The molecular weight excluding hydrogens is 253 g/mol. The quantitative estimate of drug-likeness (QED) is 0.663. The third-order valence-corrected chi connectivity index (χ3v) is 3.32. The summed E-state index contributed by atoms with van der Waals surface area (Å²) in [5.41, 5.74) is 9.13. The van der Waals surface area contributed by atoms with E-state index >= 15 is 0 Å². The minimum atomic E-state index is -0.225. The molecule has 2 rings (SSSR count). The number of hydrogen-bond acceptors (Lipinski definition) is 2. The maximum Gasteiger partial charge on any atom is 0.123 e. The SMILES string of the molecule is Cc1ccc(F)cc1CN(C)c1cccc(C(=N)N)c1. The van der Waals surface area contributed by atoms with Gasteiger partial charge < -0.3 is 10.6 Å². The number of rotatable bonds is 4. The molecule has 0 saturated carbocycles. The highest BCUT2D eigenvalue weighted by Crippen LogP contribution is 2.19. The molecule has 0 unspecified atom stereocenters. The summed E-state index contributed by atoms with van der Waals surface area (Å²) in [4.78, 5) is 2.01. The van der Waals surface area contributed by atoms with Crippen LogP contribution in [-0.2, 0) is 6.54 Å². The van der Waals surface area contributed by atoms with Gasteiger partial charge in [-0.3, -0.25) is 5.41 Å². The normalized spacial score (nSPS) is 10.3. The fourth-order valence-corrected chi connectivity index (χ4v) is 2.07. The van der Waals surface area contributed by atoms with Crippen molar-refractivity contribution < 1.29 is 4.39 Å². The second-order valence-corrected chi connectivity index (χ2v) is 4.89. The number of anilines is 1. The number of nitrogens with zero attached hydrogens (tertiary/aromatic N) is 1. The van der Waals surface area contributed by atoms with Crippen molar-refractivity contribution in [2.75, 3.05) is 11.9 Å². The van der Waals surface area contributed by atoms with Crippen LogP contribution < -0.4 is 10.6 Å². The van der Waals surface area contributed by atoms with Crippen molar-refractivity contribution in [2.24, 2.45) is 5.73 Å². The van der Waals surface area contributed by atoms with Gasteiger partial charge in [-0.25, -0.2) is 4.39 Å². The van der Waals surface area contributed by atoms with E-state index in [-0.39, 0.29) is 11.7 Å². The van der Waals surface area contributed by atoms with Crippen LogP contribution in [0.25, 0.3) is 0 Å². The van der Waals surface area contributed by atoms with E-state index < -0.39 is 0 Å². The first-order valence-electron chi connectivity index (χ1n) is 6.38. The van der Waals surface area contributed by atoms with Gasteiger partial charge in [-0.15, -0.1) is 0 Å². The second kappa shape index (κ2) is 5.74. The minimum absolute atomic E-state index is 0.0437. The Morgan fingerprint density at radius 3 is 2.70 bits per heavy atom. The Kier molecular flexibility index (Phi) is 4.03. The molecule has 0 saturated heterocycles. The minimum Gasteiger partial charge on any atom is -0.384 e. The van der Waals surface area contributed by atoms with Crippen LogP contribution in [0.4, 0.5) is 10.1 Å². The Morgan fingerprint density at radius 2 is 2.00 bits per heavy atom. The Hall–Kier alpha value is -2.36. The van der Waals surface area contributed by atoms with Gasteiger partial charge in [0, 0.05) is 24.8 Å². The van der Waals surface area contributed by atoms with Gasteiger partial charge in [0.25, 0.3) is 0 Å². The van der Waals surface area contributed by atoms with E-state index in [0.717, 1.165) is 16.8 Å². The zero-order valence-corrected chi connectivity index (χ0v) is 11.7. The molecule has 4 heteroatoms. The second-order valence-electron chi connectivity index (χ2n) is 4.89. The van der Waals surface area contributed by atoms with Crippen LogP contribution >= 0.6 is 0 Å². The van der Waals surface area contributed by atoms with Crippen LogP contribution in [0.3, 0.4) is 0 Å². The average molecular weight is 271 g/mol. The van der Waals surface area contributed by atoms with Crippen LogP contribution in [0.5, 0.6) is 0 Å². The molecule has 0 bridgehead atoms. The number of halogens is 1. The van der Waals surface area contributed by atoms with E-state index in [1.165, 1.54) is 6.07 Å². The molecule has 0 fully saturated rings. The predicted molar refractivity (Wildman–Crippen MR) is 80.7 cm³/mol. The summed E-state index contributed by atoms with van der Waals surface area (Å²) in [6.07, 6.45) is 0. The first kappa shape index (κ1) is 14.1. The molecule has 0 aliphatic heterocycles. The van der Waals surface area contributed by atoms with E-state index in [4.69, 9.17) is 11.1 Å². The van der Waals surface area contributed by atoms with Crippen molar-refractivity contribution in [3.63, 3.8) is 0 Å². The molecule has 0 spiro atoms. The largest absolute Gasteiger partial charge is 0.384 e. The van der Waals surface area contributed by atoms with Crippen LogP contribution in [0.15, 0.2) is 42.5 Å². The molecule has 2 aromatic carbocycles. The molecule has 3 nitrogen and oxygen atoms in total. The lowest BCUT2D eigenvalue weighted by Gasteiger charge is -2.21. The van der Waals surface area contributed by atoms with Crippen LogP contribution in [0.1, 0.15) is 16.7 Å². The Balaban J connectivity index is 2.23. The first-order valence-corrected chi connectivity index (χ1v) is 6.38. The van der Waals surface area contributed by atoms with E-state index in [9.17, 15) is 4.39 Å². The monoisotopic (exact) mass is 271 g/mol. The smallest absolute Gasteiger partial charge is 0.123 e. The zero-order valence-electron chi connectivity index (χ0n) is 11.7. The molecule has 0 amide bonds. The van der Waals surface area contributed by atoms with Gasteiger partial charge in [0.05, 0.1) is 0 Å². The standard InChI is InChI=1S/C16H18FN3/c1-11-6-7-14(17)8-13(11)10-20(2)15-5-3-4-12(9-15)16(18)19/h3-9H,10H2,1-2H3,(H3,18,19). The summed E-state index contributed by atoms with van der Waals surface area (Å²) >= 11 is 0. The number of benzene rings is 2. The number of nitrogens with one attached hydrogen (secondary N) is 1. The topological polar surface area (TPSA) is 53.1 Å². The molecule has 0 aromatic heterocycles. The van der Waals surface area contributed by atoms with Gasteiger partial charge in [0.15, 0.2) is 0 Å². The highest BCUT2D eigenvalue weighted by atomic mass is 19.1. The first-order chi connectivity index (χ1) is 9.47. The Bertz CT molecular complexity index is 637. The van der Waals surface area contributed by atoms with Crippen molar-refractivity contribution in [3.05, 3.63) is 65.0 Å². The van der Waals surface area contributed by atoms with Crippen molar-refractivity contribution in [3.8, 4) is 0 Å². The molecule has 0 aliphatic carbocycles. The van der Waals surface area contributed by atoms with Gasteiger partial charge in [-0.1, -0.05) is 18.2 Å². The Labute approximate surface area is 118 Å². The summed E-state index contributed by atoms with van der Waals surface area (Å²) in [6.45, 7) is 2.57. The lowest BCUT2D eigenvalue weighted by atomic mass is 10.1. The van der Waals surface area contributed by atoms with Crippen LogP contribution in [0.2, 0.25) is 0 Å². The number of amidine groups is 1. The molecule has 20 heavy (non-hydrogen) atoms. The van der Waals surface area contributed by atoms with E-state index in [1.54, 1.807) is 18.2 Å². The van der Waals surface area contributed by atoms with E-state index in [1.807, 2.05) is 37.1 Å². The molecule has 3 N–H and O–H groups in total. The third-order valence-electron chi connectivity index (χ3n) is 3.32. The fraction of sp³-hybridized carbons (Fsp3) is 0.188. The van der Waals surface area contributed by atoms with Crippen LogP contribution in [-0.4, -0.2) is 12.9 Å². The summed E-state index contributed by atoms with van der Waals surface area (Å²) < 4.78 is 13.3. The molecular formula is C16H18FN3. The maximum atomic E-state index is 13.3. The number of nitrogen functional groups attached to an aromatic ring is 1. The summed E-state index contributed by atoms with van der Waals surface area (Å²) in [6, 6.07) is 12.3. The Morgan fingerprint density at radius 1 is 1.25 bits per heavy atom. The van der Waals surface area contributed by atoms with Gasteiger partial charge in [-0.2, -0.15) is 0 Å². The lowest BCUT2D eigenvalue weighted by Crippen LogP contribution is -2.18. The zero-order chi connectivity index (χ0) is 14.7. The molecule has 0 atom stereocenters. The third kappa shape index (κ3) is 3.15. The summed E-state index contributed by atoms with van der Waals surface area (Å²) in [5, 5.41) is 7.47. The molecule has 2 aromatic rings. The molecule has 104 valence electrons. The van der Waals surface area contributed by atoms with Gasteiger partial charge in [0.1, 0.15) is 11.7 Å². The maximum absolute atomic E-state index is 13.3. The predicted octanol–water partition coefficient (Wildman–Crippen LogP) is 3.05. The van der Waals surface area contributed by atoms with E-state index in [0.29, 0.717) is 12.1 Å². The lowest BCUT2D eigenvalue weighted by molar-refractivity contribution is 0.624. The van der Waals surface area contributed by atoms with E-state index in [2.05, 4.69) is 0 Å². The van der Waals surface area contributed by atoms with Crippen molar-refractivity contribution in [1.82, 2.24) is 0 Å². The van der Waals surface area contributed by atoms with Crippen molar-refractivity contribution >= 4 is 11.5 Å². The molecule has 0 radical (unpaired) electrons. The van der Waals surface area contributed by atoms with Crippen molar-refractivity contribution in [2.45, 2.75) is 13.5 Å². The number of hydrogen-bond donors (Lipinski definition) is 2. The summed E-state index contributed by atoms with van der Waals surface area (Å²) in [5.74, 6) is -0.182. The highest BCUT2D eigenvalue weighted by molar-refractivity contribution is 5.95. The molecule has 0 aliphatic rings. The summed E-state index contributed by atoms with van der Waals surface area (Å²) in [7, 11) is 1.93. The van der Waals surface area contributed by atoms with Gasteiger partial charge in [0.2, 0.25) is 0 Å². The van der Waals surface area contributed by atoms with Gasteiger partial charge >= 0.3 is 0 Å². The fourth-order valence-electron chi connectivity index (χ4n) is 2.07. The van der Waals surface area contributed by atoms with Crippen LogP contribution in [0, 0.1) is 18.2 Å². The molecule has 0 heterocycles. The highest BCUT2D eigenvalue weighted by Gasteiger charge is 2.07. The number of nitrogens with two attached hydrogens (primary N) is 1. The average Bonchev–Trinajstić information content (AvgIpc) is 2.43. The van der Waals surface area contributed by atoms with Crippen molar-refractivity contribution in [1.29, 1.82) is 5.41 Å². The number of aryl methyl sites for hydroxylation is 1. The van der Waals surface area contributed by atoms with Gasteiger partial charge in [-0.05, 0) is 42.3 Å².